The maximum atomic E-state index is 6.59. The molecule has 0 aliphatic rings. The molecule has 0 aromatic heterocycles. The molecule has 0 rings (SSSR count). The lowest BCUT2D eigenvalue weighted by molar-refractivity contribution is 1.01. The van der Waals surface area contributed by atoms with E-state index < -0.39 is 0 Å². The average molecular weight is 150 g/mol. The van der Waals surface area contributed by atoms with Gasteiger partial charge in [-0.3, -0.25) is 5.41 Å². The van der Waals surface area contributed by atoms with Crippen LogP contribution in [0.2, 0.25) is 0 Å². The smallest absolute Gasteiger partial charge is 0.206 e. The lowest BCUT2D eigenvalue weighted by Crippen LogP contribution is -2.25. The third-order valence-corrected chi connectivity index (χ3v) is 0.767. The van der Waals surface area contributed by atoms with Crippen molar-refractivity contribution in [3.63, 3.8) is 0 Å². The van der Waals surface area contributed by atoms with Crippen LogP contribution in [0.1, 0.15) is 0 Å². The summed E-state index contributed by atoms with van der Waals surface area (Å²) in [7, 11) is 1.13. The molecule has 0 aliphatic heterocycles. The molecule has 0 spiro atoms. The molecule has 4 N–H and O–H groups in total. The summed E-state index contributed by atoms with van der Waals surface area (Å²) >= 11 is 3.74. The molecule has 46 valence electrons. The lowest BCUT2D eigenvalue weighted by Gasteiger charge is -1.89. The van der Waals surface area contributed by atoms with Crippen LogP contribution in [0, 0.1) is 5.41 Å². The second-order valence-electron chi connectivity index (χ2n) is 0.865. The molecule has 0 bridgehead atoms. The van der Waals surface area contributed by atoms with Crippen molar-refractivity contribution < 1.29 is 0 Å². The number of guanidine groups is 1. The predicted octanol–water partition coefficient (Wildman–Crippen LogP) is -0.00923. The Bertz CT molecular complexity index is 100. The normalized spacial score (nSPS) is 9.62. The second-order valence-corrected chi connectivity index (χ2v) is 1.92. The molecule has 8 heavy (non-hydrogen) atoms. The van der Waals surface area contributed by atoms with E-state index in [-0.39, 0.29) is 5.96 Å². The fourth-order valence-corrected chi connectivity index (χ4v) is 0.361. The zero-order valence-electron chi connectivity index (χ0n) is 3.96. The first kappa shape index (κ1) is 7.64. The fourth-order valence-electron chi connectivity index (χ4n) is 0.119. The van der Waals surface area contributed by atoms with Crippen LogP contribution < -0.4 is 11.2 Å². The number of thiol groups is 1. The molecule has 0 saturated heterocycles. The Morgan fingerprint density at radius 3 is 3.00 bits per heavy atom. The van der Waals surface area contributed by atoms with Gasteiger partial charge >= 0.3 is 0 Å². The van der Waals surface area contributed by atoms with Crippen molar-refractivity contribution in [2.24, 2.45) is 10.8 Å². The van der Waals surface area contributed by atoms with Gasteiger partial charge in [-0.1, -0.05) is 0 Å². The van der Waals surface area contributed by atoms with E-state index in [0.717, 1.165) is 10.8 Å². The van der Waals surface area contributed by atoms with Gasteiger partial charge in [0.05, 0.1) is 5.55 Å². The van der Waals surface area contributed by atoms with Crippen molar-refractivity contribution in [2.45, 2.75) is 0 Å². The zero-order valence-corrected chi connectivity index (χ0v) is 5.67. The second kappa shape index (κ2) is 4.79. The summed E-state index contributed by atoms with van der Waals surface area (Å²) in [5, 5.41) is 10.0. The van der Waals surface area contributed by atoms with E-state index in [0.29, 0.717) is 0 Å². The minimum atomic E-state index is -0.177. The van der Waals surface area contributed by atoms with E-state index in [4.69, 9.17) is 11.1 Å². The molecule has 0 aromatic rings. The summed E-state index contributed by atoms with van der Waals surface area (Å²) in [6.45, 7) is 0. The van der Waals surface area contributed by atoms with Gasteiger partial charge in [-0.15, -0.1) is 11.7 Å². The SMILES string of the molecule is N=C(N)N/N=C/SS. The van der Waals surface area contributed by atoms with Crippen LogP contribution >= 0.6 is 22.5 Å². The van der Waals surface area contributed by atoms with Gasteiger partial charge in [0.2, 0.25) is 5.96 Å². The third kappa shape index (κ3) is 5.64. The van der Waals surface area contributed by atoms with Crippen molar-refractivity contribution in [3.8, 4) is 0 Å². The van der Waals surface area contributed by atoms with Crippen LogP contribution in [-0.4, -0.2) is 11.5 Å². The van der Waals surface area contributed by atoms with Gasteiger partial charge in [-0.25, -0.2) is 5.43 Å². The molecule has 0 radical (unpaired) electrons. The van der Waals surface area contributed by atoms with Crippen molar-refractivity contribution in [1.82, 2.24) is 5.43 Å². The standard InChI is InChI=1S/C2H6N4S2/c3-2(4)6-5-1-8-7/h1,7H,(H4,3,4,6)/b5-1+. The van der Waals surface area contributed by atoms with E-state index >= 15 is 0 Å². The minimum Gasteiger partial charge on any atom is -0.369 e. The fraction of sp³-hybridized carbons (Fsp3) is 0. The van der Waals surface area contributed by atoms with Gasteiger partial charge in [0.25, 0.3) is 0 Å². The molecular formula is C2H6N4S2. The number of hydrazone groups is 1. The average Bonchev–Trinajstić information content (AvgIpc) is 1.66. The molecule has 0 aromatic carbocycles. The van der Waals surface area contributed by atoms with Gasteiger partial charge in [0.15, 0.2) is 0 Å². The van der Waals surface area contributed by atoms with E-state index in [1.807, 2.05) is 0 Å². The zero-order chi connectivity index (χ0) is 6.41. The molecule has 0 heterocycles. The van der Waals surface area contributed by atoms with Crippen molar-refractivity contribution in [2.75, 3.05) is 0 Å². The Morgan fingerprint density at radius 2 is 2.62 bits per heavy atom. The molecule has 0 saturated carbocycles. The number of hydrogen-bond donors (Lipinski definition) is 4. The first-order chi connectivity index (χ1) is 3.77. The van der Waals surface area contributed by atoms with Crippen LogP contribution in [0.5, 0.6) is 0 Å². The molecule has 6 heteroatoms. The first-order valence-corrected chi connectivity index (χ1v) is 3.62. The van der Waals surface area contributed by atoms with E-state index in [1.54, 1.807) is 0 Å². The van der Waals surface area contributed by atoms with Crippen molar-refractivity contribution >= 4 is 34.0 Å². The molecule has 4 nitrogen and oxygen atoms in total. The summed E-state index contributed by atoms with van der Waals surface area (Å²) in [6, 6.07) is 0. The Labute approximate surface area is 56.2 Å². The molecule has 0 atom stereocenters. The molecule has 0 unspecified atom stereocenters. The highest BCUT2D eigenvalue weighted by Crippen LogP contribution is 1.96. The number of hydrogen-bond acceptors (Lipinski definition) is 4. The van der Waals surface area contributed by atoms with Crippen LogP contribution in [0.15, 0.2) is 5.10 Å². The number of nitrogens with two attached hydrogens (primary N) is 1. The Balaban J connectivity index is 3.16. The van der Waals surface area contributed by atoms with Gasteiger partial charge in [-0.05, 0) is 10.8 Å². The summed E-state index contributed by atoms with van der Waals surface area (Å²) in [5.41, 5.74) is 8.49. The number of rotatable bonds is 2. The predicted molar refractivity (Wildman–Crippen MR) is 40.1 cm³/mol. The Morgan fingerprint density at radius 1 is 2.00 bits per heavy atom. The summed E-state index contributed by atoms with van der Waals surface area (Å²) in [6.07, 6.45) is 0. The van der Waals surface area contributed by atoms with Crippen LogP contribution in [0.25, 0.3) is 0 Å². The highest BCUT2D eigenvalue weighted by Gasteiger charge is 1.74. The van der Waals surface area contributed by atoms with Gasteiger partial charge in [-0.2, -0.15) is 5.10 Å². The van der Waals surface area contributed by atoms with Gasteiger partial charge < -0.3 is 5.73 Å². The maximum absolute atomic E-state index is 6.59. The quantitative estimate of drug-likeness (QED) is 0.147. The number of nitrogens with zero attached hydrogens (tertiary/aromatic N) is 1. The Hall–Kier alpha value is -0.360. The van der Waals surface area contributed by atoms with Crippen LogP contribution in [0.3, 0.4) is 0 Å². The monoisotopic (exact) mass is 150 g/mol. The Kier molecular flexibility index (Phi) is 4.58. The highest BCUT2D eigenvalue weighted by molar-refractivity contribution is 8.74. The molecule has 0 fully saturated rings. The number of nitrogens with one attached hydrogen (secondary N) is 2. The summed E-state index contributed by atoms with van der Waals surface area (Å²) in [4.78, 5) is 0. The summed E-state index contributed by atoms with van der Waals surface area (Å²) < 4.78 is 0. The maximum Gasteiger partial charge on any atom is 0.206 e. The lowest BCUT2D eigenvalue weighted by atomic mass is 11.1. The highest BCUT2D eigenvalue weighted by atomic mass is 33.1. The van der Waals surface area contributed by atoms with Crippen molar-refractivity contribution in [1.29, 1.82) is 5.41 Å². The van der Waals surface area contributed by atoms with E-state index in [1.165, 1.54) is 5.55 Å². The van der Waals surface area contributed by atoms with E-state index in [2.05, 4.69) is 22.2 Å². The van der Waals surface area contributed by atoms with Crippen molar-refractivity contribution in [3.05, 3.63) is 0 Å². The van der Waals surface area contributed by atoms with E-state index in [9.17, 15) is 0 Å². The summed E-state index contributed by atoms with van der Waals surface area (Å²) in [5.74, 6) is -0.177. The molecule has 0 amide bonds. The van der Waals surface area contributed by atoms with Gasteiger partial charge in [0.1, 0.15) is 0 Å². The molecule has 0 aliphatic carbocycles. The largest absolute Gasteiger partial charge is 0.369 e. The van der Waals surface area contributed by atoms with Gasteiger partial charge in [0, 0.05) is 0 Å². The molecular weight excluding hydrogens is 144 g/mol. The van der Waals surface area contributed by atoms with Crippen LogP contribution in [-0.2, 0) is 0 Å². The topological polar surface area (TPSA) is 74.3 Å². The minimum absolute atomic E-state index is 0.177. The van der Waals surface area contributed by atoms with Crippen LogP contribution in [0.4, 0.5) is 0 Å². The first-order valence-electron chi connectivity index (χ1n) is 1.69. The third-order valence-electron chi connectivity index (χ3n) is 0.285.